The molecule has 0 aliphatic carbocycles. The molecule has 0 radical (unpaired) electrons. The highest BCUT2D eigenvalue weighted by atomic mass is 32.2. The Morgan fingerprint density at radius 1 is 1.14 bits per heavy atom. The molecule has 3 rings (SSSR count). The summed E-state index contributed by atoms with van der Waals surface area (Å²) in [5, 5.41) is 23.7. The number of carbonyl (C=O) groups is 1. The zero-order chi connectivity index (χ0) is 27.6. The second-order valence-electron chi connectivity index (χ2n) is 9.79. The van der Waals surface area contributed by atoms with Crippen molar-refractivity contribution in [1.29, 1.82) is 0 Å². The summed E-state index contributed by atoms with van der Waals surface area (Å²) in [6, 6.07) is 7.13. The van der Waals surface area contributed by atoms with E-state index in [2.05, 4.69) is 15.0 Å². The number of rotatable bonds is 11. The summed E-state index contributed by atoms with van der Waals surface area (Å²) in [4.78, 5) is 17.3. The third kappa shape index (κ3) is 6.46. The molecule has 11 heteroatoms. The monoisotopic (exact) mass is 535 g/mol. The van der Waals surface area contributed by atoms with E-state index in [1.807, 2.05) is 0 Å². The van der Waals surface area contributed by atoms with E-state index in [-0.39, 0.29) is 28.6 Å². The fourth-order valence-corrected chi connectivity index (χ4v) is 4.42. The van der Waals surface area contributed by atoms with Gasteiger partial charge in [0.2, 0.25) is 15.7 Å². The number of benzene rings is 1. The molecule has 2 aromatic heterocycles. The molecule has 0 spiro atoms. The van der Waals surface area contributed by atoms with Gasteiger partial charge in [-0.3, -0.25) is 9.52 Å². The number of carbonyl (C=O) groups excluding carboxylic acids is 1. The minimum absolute atomic E-state index is 0.0560. The van der Waals surface area contributed by atoms with Gasteiger partial charge in [-0.25, -0.2) is 12.8 Å². The number of furan rings is 1. The van der Waals surface area contributed by atoms with Crippen molar-refractivity contribution in [2.45, 2.75) is 64.6 Å². The first-order chi connectivity index (χ1) is 17.2. The molecule has 0 aliphatic rings. The van der Waals surface area contributed by atoms with Crippen molar-refractivity contribution >= 4 is 32.8 Å². The highest BCUT2D eigenvalue weighted by Crippen LogP contribution is 2.36. The summed E-state index contributed by atoms with van der Waals surface area (Å²) >= 11 is 0. The number of hydrogen-bond acceptors (Lipinski definition) is 7. The van der Waals surface area contributed by atoms with Crippen LogP contribution in [0.4, 0.5) is 10.2 Å². The topological polar surface area (TPSA) is 142 Å². The lowest BCUT2D eigenvalue weighted by molar-refractivity contribution is -0.124. The van der Waals surface area contributed by atoms with Gasteiger partial charge in [-0.05, 0) is 82.9 Å². The average Bonchev–Trinajstić information content (AvgIpc) is 3.19. The molecular formula is C26H34FN3O6S. The van der Waals surface area contributed by atoms with E-state index >= 15 is 0 Å². The minimum atomic E-state index is -3.67. The molecule has 1 atom stereocenters. The van der Waals surface area contributed by atoms with Crippen LogP contribution in [-0.2, 0) is 16.4 Å². The van der Waals surface area contributed by atoms with Crippen molar-refractivity contribution in [2.75, 3.05) is 17.5 Å². The first-order valence-electron chi connectivity index (χ1n) is 12.1. The Balaban J connectivity index is 2.07. The summed E-state index contributed by atoms with van der Waals surface area (Å²) in [5.74, 6) is -0.769. The van der Waals surface area contributed by atoms with Gasteiger partial charge in [-0.15, -0.1) is 0 Å². The van der Waals surface area contributed by atoms with Gasteiger partial charge < -0.3 is 19.9 Å². The fraction of sp³-hybridized carbons (Fsp3) is 0.462. The van der Waals surface area contributed by atoms with Crippen LogP contribution in [0.1, 0.15) is 62.9 Å². The number of halogens is 1. The number of pyridine rings is 1. The summed E-state index contributed by atoms with van der Waals surface area (Å²) in [5.41, 5.74) is -1.32. The number of anilines is 1. The predicted molar refractivity (Wildman–Crippen MR) is 140 cm³/mol. The van der Waals surface area contributed by atoms with Gasteiger partial charge in [0, 0.05) is 12.6 Å². The lowest BCUT2D eigenvalue weighted by Gasteiger charge is -2.35. The van der Waals surface area contributed by atoms with E-state index in [4.69, 9.17) is 4.42 Å². The number of nitrogens with zero attached hydrogens (tertiary/aromatic N) is 1. The number of hydrogen-bond donors (Lipinski definition) is 4. The average molecular weight is 536 g/mol. The molecule has 2 heterocycles. The standard InChI is InChI=1S/C26H34FN3O6S/c1-6-37(34,35)30-22-17(9-7-8-14-26(4,33)25(2,3)32)15-19-20(23(31)28-5)21(36-24(19)29-22)16-10-12-18(27)13-11-16/h10-13,15,32-33H,6-9,14H2,1-5H3,(H,28,31)(H,29,30). The lowest BCUT2D eigenvalue weighted by atomic mass is 9.83. The number of nitrogens with one attached hydrogen (secondary N) is 2. The van der Waals surface area contributed by atoms with E-state index in [0.717, 1.165) is 0 Å². The fourth-order valence-electron chi connectivity index (χ4n) is 3.81. The zero-order valence-electron chi connectivity index (χ0n) is 21.7. The third-order valence-corrected chi connectivity index (χ3v) is 7.90. The smallest absolute Gasteiger partial charge is 0.255 e. The molecule has 0 fully saturated rings. The number of unbranched alkanes of at least 4 members (excludes halogenated alkanes) is 1. The number of sulfonamides is 1. The van der Waals surface area contributed by atoms with Gasteiger partial charge in [0.1, 0.15) is 17.4 Å². The Labute approximate surface area is 216 Å². The Hall–Kier alpha value is -3.02. The molecule has 3 aromatic rings. The Kier molecular flexibility index (Phi) is 8.31. The van der Waals surface area contributed by atoms with Crippen LogP contribution in [0.2, 0.25) is 0 Å². The molecule has 4 N–H and O–H groups in total. The highest BCUT2D eigenvalue weighted by Gasteiger charge is 2.36. The van der Waals surface area contributed by atoms with Gasteiger partial charge in [0.05, 0.1) is 27.9 Å². The van der Waals surface area contributed by atoms with Crippen LogP contribution in [0, 0.1) is 5.82 Å². The van der Waals surface area contributed by atoms with Gasteiger partial charge >= 0.3 is 0 Å². The molecule has 9 nitrogen and oxygen atoms in total. The first-order valence-corrected chi connectivity index (χ1v) is 13.7. The number of amides is 1. The SMILES string of the molecule is CCS(=O)(=O)Nc1nc2oc(-c3ccc(F)cc3)c(C(=O)NC)c2cc1CCCCC(C)(O)C(C)(C)O. The number of aromatic nitrogens is 1. The van der Waals surface area contributed by atoms with Gasteiger partial charge in [-0.1, -0.05) is 6.42 Å². The van der Waals surface area contributed by atoms with Crippen LogP contribution in [-0.4, -0.2) is 53.5 Å². The zero-order valence-corrected chi connectivity index (χ0v) is 22.5. The maximum atomic E-state index is 13.5. The third-order valence-electron chi connectivity index (χ3n) is 6.63. The maximum Gasteiger partial charge on any atom is 0.255 e. The van der Waals surface area contributed by atoms with Crippen LogP contribution in [0.15, 0.2) is 34.7 Å². The molecule has 0 aliphatic heterocycles. The Morgan fingerprint density at radius 2 is 1.78 bits per heavy atom. The van der Waals surface area contributed by atoms with Crippen LogP contribution < -0.4 is 10.0 Å². The molecular weight excluding hydrogens is 501 g/mol. The van der Waals surface area contributed by atoms with Crippen molar-refractivity contribution in [1.82, 2.24) is 10.3 Å². The second kappa shape index (κ2) is 10.8. The van der Waals surface area contributed by atoms with Gasteiger partial charge in [0.25, 0.3) is 5.91 Å². The molecule has 0 saturated heterocycles. The summed E-state index contributed by atoms with van der Waals surface area (Å²) < 4.78 is 46.6. The molecule has 1 unspecified atom stereocenters. The van der Waals surface area contributed by atoms with Gasteiger partial charge in [0.15, 0.2) is 0 Å². The number of aryl methyl sites for hydroxylation is 1. The largest absolute Gasteiger partial charge is 0.437 e. The highest BCUT2D eigenvalue weighted by molar-refractivity contribution is 7.92. The van der Waals surface area contributed by atoms with Crippen LogP contribution >= 0.6 is 0 Å². The number of aliphatic hydroxyl groups is 2. The first kappa shape index (κ1) is 28.5. The van der Waals surface area contributed by atoms with Gasteiger partial charge in [-0.2, -0.15) is 4.98 Å². The molecule has 202 valence electrons. The maximum absolute atomic E-state index is 13.5. The van der Waals surface area contributed by atoms with Crippen molar-refractivity contribution in [3.05, 3.63) is 47.3 Å². The quantitative estimate of drug-likeness (QED) is 0.272. The molecule has 1 amide bonds. The second-order valence-corrected chi connectivity index (χ2v) is 11.8. The molecule has 0 bridgehead atoms. The number of fused-ring (bicyclic) bond motifs is 1. The molecule has 0 saturated carbocycles. The lowest BCUT2D eigenvalue weighted by Crippen LogP contribution is -2.47. The van der Waals surface area contributed by atoms with Crippen LogP contribution in [0.25, 0.3) is 22.4 Å². The normalized spacial score (nSPS) is 13.9. The molecule has 37 heavy (non-hydrogen) atoms. The van der Waals surface area contributed by atoms with Crippen LogP contribution in [0.5, 0.6) is 0 Å². The Morgan fingerprint density at radius 3 is 2.35 bits per heavy atom. The van der Waals surface area contributed by atoms with Crippen molar-refractivity contribution in [3.63, 3.8) is 0 Å². The molecule has 1 aromatic carbocycles. The van der Waals surface area contributed by atoms with E-state index in [1.165, 1.54) is 38.2 Å². The van der Waals surface area contributed by atoms with E-state index in [0.29, 0.717) is 42.2 Å². The minimum Gasteiger partial charge on any atom is -0.437 e. The summed E-state index contributed by atoms with van der Waals surface area (Å²) in [6.45, 7) is 6.16. The van der Waals surface area contributed by atoms with E-state index in [9.17, 15) is 27.8 Å². The van der Waals surface area contributed by atoms with Crippen LogP contribution in [0.3, 0.4) is 0 Å². The van der Waals surface area contributed by atoms with E-state index in [1.54, 1.807) is 26.8 Å². The van der Waals surface area contributed by atoms with Crippen molar-refractivity contribution in [2.24, 2.45) is 0 Å². The van der Waals surface area contributed by atoms with Crippen molar-refractivity contribution in [3.8, 4) is 11.3 Å². The van der Waals surface area contributed by atoms with E-state index < -0.39 is 32.9 Å². The Bertz CT molecular complexity index is 1380. The van der Waals surface area contributed by atoms with Crippen molar-refractivity contribution < 1.29 is 32.2 Å². The summed E-state index contributed by atoms with van der Waals surface area (Å²) in [7, 11) is -2.19. The predicted octanol–water partition coefficient (Wildman–Crippen LogP) is 3.99. The summed E-state index contributed by atoms with van der Waals surface area (Å²) in [6.07, 6.45) is 1.81.